The minimum atomic E-state index is -1.01. The number of piperazine rings is 1. The molecule has 2 N–H and O–H groups in total. The van der Waals surface area contributed by atoms with Gasteiger partial charge in [-0.2, -0.15) is 10.1 Å². The Morgan fingerprint density at radius 2 is 1.76 bits per heavy atom. The molecule has 2 aromatic heterocycles. The number of carbonyl (C=O) groups excluding carboxylic acids is 3. The number of nitrogens with one attached hydrogen (secondary N) is 2. The van der Waals surface area contributed by atoms with Crippen molar-refractivity contribution >= 4 is 35.1 Å². The highest BCUT2D eigenvalue weighted by Crippen LogP contribution is 2.36. The molecule has 15 heteroatoms. The largest absolute Gasteiger partial charge is 0.477 e. The Bertz CT molecular complexity index is 2270. The molecule has 4 aliphatic rings. The van der Waals surface area contributed by atoms with Crippen LogP contribution in [0.2, 0.25) is 0 Å². The molecule has 4 aromatic rings. The molecule has 58 heavy (non-hydrogen) atoms. The molecule has 0 saturated carbocycles. The quantitative estimate of drug-likeness (QED) is 0.239. The number of hydrogen-bond acceptors (Lipinski definition) is 10. The number of rotatable bonds is 6. The lowest BCUT2D eigenvalue weighted by Crippen LogP contribution is -2.51. The lowest BCUT2D eigenvalue weighted by Gasteiger charge is -2.40. The van der Waals surface area contributed by atoms with E-state index in [0.29, 0.717) is 60.5 Å². The molecule has 2 saturated heterocycles. The van der Waals surface area contributed by atoms with Crippen LogP contribution in [0, 0.1) is 24.5 Å². The molecule has 0 unspecified atom stereocenters. The first-order valence-corrected chi connectivity index (χ1v) is 20.1. The Balaban J connectivity index is 0.937. The summed E-state index contributed by atoms with van der Waals surface area (Å²) in [6, 6.07) is 12.7. The number of amides is 3. The molecule has 2 bridgehead atoms. The van der Waals surface area contributed by atoms with Crippen LogP contribution >= 0.6 is 0 Å². The lowest BCUT2D eigenvalue weighted by molar-refractivity contribution is -0.134. The van der Waals surface area contributed by atoms with Crippen molar-refractivity contribution in [2.45, 2.75) is 71.4 Å². The van der Waals surface area contributed by atoms with Gasteiger partial charge in [0.05, 0.1) is 41.4 Å². The molecule has 2 fully saturated rings. The molecule has 0 spiro atoms. The van der Waals surface area contributed by atoms with Gasteiger partial charge in [-0.1, -0.05) is 13.0 Å². The summed E-state index contributed by atoms with van der Waals surface area (Å²) in [6.07, 6.45) is 4.08. The molecule has 3 amide bonds. The van der Waals surface area contributed by atoms with Crippen LogP contribution in [0.1, 0.15) is 78.2 Å². The summed E-state index contributed by atoms with van der Waals surface area (Å²) in [5.41, 5.74) is 5.76. The minimum absolute atomic E-state index is 0.0557. The van der Waals surface area contributed by atoms with E-state index in [1.54, 1.807) is 23.0 Å². The third kappa shape index (κ3) is 8.23. The lowest BCUT2D eigenvalue weighted by atomic mass is 9.89. The Labute approximate surface area is 336 Å². The molecule has 6 heterocycles. The number of imide groups is 1. The van der Waals surface area contributed by atoms with Gasteiger partial charge in [0.25, 0.3) is 5.91 Å². The average molecular weight is 794 g/mol. The van der Waals surface area contributed by atoms with E-state index in [4.69, 9.17) is 9.72 Å². The second-order valence-corrected chi connectivity index (χ2v) is 16.1. The Morgan fingerprint density at radius 3 is 2.53 bits per heavy atom. The first-order valence-electron chi connectivity index (χ1n) is 20.1. The van der Waals surface area contributed by atoms with Crippen molar-refractivity contribution in [2.75, 3.05) is 49.5 Å². The SMILES string of the molecule is Cc1cc2cc(n1)-c1cnn(C)c1OCCC[C@@H](C)CN1/C(=N/C2=O)Nc2ccc(CN3CCN(CCc4cc(F)c([C@H]5CCC(=O)NC5=O)c(F)c4)C[C@@H]3C)cc21. The Kier molecular flexibility index (Phi) is 11.1. The van der Waals surface area contributed by atoms with E-state index >= 15 is 8.78 Å². The van der Waals surface area contributed by atoms with Gasteiger partial charge in [0, 0.05) is 75.6 Å². The normalized spacial score (nSPS) is 22.7. The van der Waals surface area contributed by atoms with Crippen molar-refractivity contribution in [3.63, 3.8) is 0 Å². The number of aliphatic imine (C=N–C) groups is 1. The molecular formula is C43H49F2N9O4. The van der Waals surface area contributed by atoms with Gasteiger partial charge in [-0.25, -0.2) is 13.5 Å². The van der Waals surface area contributed by atoms with E-state index in [9.17, 15) is 14.4 Å². The number of aromatic nitrogens is 3. The number of anilines is 2. The topological polar surface area (TPSA) is 137 Å². The minimum Gasteiger partial charge on any atom is -0.477 e. The molecule has 304 valence electrons. The number of hydrogen-bond donors (Lipinski definition) is 2. The number of guanidine groups is 1. The maximum atomic E-state index is 15.1. The highest BCUT2D eigenvalue weighted by atomic mass is 19.1. The fraction of sp³-hybridized carbons (Fsp3) is 0.442. The standard InChI is InChI=1S/C43H49F2N9O4/c1-25-6-5-15-58-42-32(21-46-51(42)4)36-20-30(16-26(2)47-36)40(56)50-43-48-35-9-7-29(19-37(35)54(43)22-25)24-53-14-13-52(23-27(53)3)12-11-28-17-33(44)39(34(45)18-28)31-8-10-38(55)49-41(31)57/h7,9,16-21,25,27,31H,5-6,8,10-15,22-24H2,1-4H3,(H,48,50,56)(H,49,55,57)/t25-,27+,31-/m1/s1. The van der Waals surface area contributed by atoms with Crippen LogP contribution in [-0.2, 0) is 29.6 Å². The number of carbonyl (C=O) groups is 3. The zero-order chi connectivity index (χ0) is 40.7. The van der Waals surface area contributed by atoms with Crippen molar-refractivity contribution in [1.29, 1.82) is 0 Å². The van der Waals surface area contributed by atoms with E-state index in [2.05, 4.69) is 67.5 Å². The zero-order valence-corrected chi connectivity index (χ0v) is 33.4. The van der Waals surface area contributed by atoms with Gasteiger partial charge in [0.1, 0.15) is 11.6 Å². The predicted octanol–water partition coefficient (Wildman–Crippen LogP) is 5.57. The van der Waals surface area contributed by atoms with Gasteiger partial charge < -0.3 is 19.9 Å². The van der Waals surface area contributed by atoms with E-state index in [1.165, 1.54) is 12.1 Å². The third-order valence-electron chi connectivity index (χ3n) is 11.7. The maximum Gasteiger partial charge on any atom is 0.280 e. The highest BCUT2D eigenvalue weighted by Gasteiger charge is 2.33. The van der Waals surface area contributed by atoms with Crippen LogP contribution in [0.3, 0.4) is 0 Å². The first-order chi connectivity index (χ1) is 27.9. The van der Waals surface area contributed by atoms with Crippen LogP contribution < -0.4 is 20.3 Å². The van der Waals surface area contributed by atoms with E-state index in [0.717, 1.165) is 61.5 Å². The number of benzene rings is 2. The van der Waals surface area contributed by atoms with Gasteiger partial charge in [0.2, 0.25) is 23.7 Å². The molecular weight excluding hydrogens is 745 g/mol. The average Bonchev–Trinajstić information content (AvgIpc) is 3.71. The molecule has 13 nitrogen and oxygen atoms in total. The number of aryl methyl sites for hydroxylation is 2. The number of pyridine rings is 1. The van der Waals surface area contributed by atoms with E-state index in [-0.39, 0.29) is 36.3 Å². The molecule has 4 aliphatic heterocycles. The second kappa shape index (κ2) is 16.4. The van der Waals surface area contributed by atoms with Gasteiger partial charge in [-0.3, -0.25) is 29.6 Å². The van der Waals surface area contributed by atoms with Crippen molar-refractivity contribution < 1.29 is 27.9 Å². The third-order valence-corrected chi connectivity index (χ3v) is 11.7. The van der Waals surface area contributed by atoms with Crippen LogP contribution in [0.25, 0.3) is 11.3 Å². The van der Waals surface area contributed by atoms with Crippen LogP contribution in [0.4, 0.5) is 20.2 Å². The Hall–Kier alpha value is -5.54. The monoisotopic (exact) mass is 793 g/mol. The van der Waals surface area contributed by atoms with Gasteiger partial charge in [-0.05, 0) is 93.0 Å². The number of halogens is 2. The fourth-order valence-electron chi connectivity index (χ4n) is 8.56. The summed E-state index contributed by atoms with van der Waals surface area (Å²) in [6.45, 7) is 11.3. The molecule has 0 radical (unpaired) electrons. The molecule has 8 rings (SSSR count). The predicted molar refractivity (Wildman–Crippen MR) is 216 cm³/mol. The van der Waals surface area contributed by atoms with E-state index in [1.807, 2.05) is 14.0 Å². The number of piperidine rings is 1. The summed E-state index contributed by atoms with van der Waals surface area (Å²) in [5.74, 6) is -2.56. The van der Waals surface area contributed by atoms with Crippen molar-refractivity contribution in [2.24, 2.45) is 18.0 Å². The van der Waals surface area contributed by atoms with Gasteiger partial charge >= 0.3 is 0 Å². The second-order valence-electron chi connectivity index (χ2n) is 16.1. The van der Waals surface area contributed by atoms with Crippen molar-refractivity contribution in [3.05, 3.63) is 88.2 Å². The molecule has 3 atom stereocenters. The summed E-state index contributed by atoms with van der Waals surface area (Å²) in [4.78, 5) is 53.8. The highest BCUT2D eigenvalue weighted by molar-refractivity contribution is 6.19. The summed E-state index contributed by atoms with van der Waals surface area (Å²) < 4.78 is 38.2. The van der Waals surface area contributed by atoms with Crippen molar-refractivity contribution in [3.8, 4) is 17.1 Å². The van der Waals surface area contributed by atoms with Crippen LogP contribution in [0.5, 0.6) is 5.88 Å². The molecule has 0 aliphatic carbocycles. The maximum absolute atomic E-state index is 15.1. The number of nitrogens with zero attached hydrogens (tertiary/aromatic N) is 7. The van der Waals surface area contributed by atoms with Crippen LogP contribution in [-0.4, -0.2) is 93.6 Å². The summed E-state index contributed by atoms with van der Waals surface area (Å²) >= 11 is 0. The fourth-order valence-corrected chi connectivity index (χ4v) is 8.56. The first kappa shape index (κ1) is 39.3. The number of fused-ring (bicyclic) bond motifs is 7. The van der Waals surface area contributed by atoms with Crippen molar-refractivity contribution in [1.82, 2.24) is 29.9 Å². The van der Waals surface area contributed by atoms with Crippen LogP contribution in [0.15, 0.2) is 53.7 Å². The van der Waals surface area contributed by atoms with Gasteiger partial charge in [0.15, 0.2) is 0 Å². The summed E-state index contributed by atoms with van der Waals surface area (Å²) in [5, 5.41) is 10.0. The van der Waals surface area contributed by atoms with E-state index < -0.39 is 29.4 Å². The summed E-state index contributed by atoms with van der Waals surface area (Å²) in [7, 11) is 1.84. The number of ether oxygens (including phenoxy) is 1. The Morgan fingerprint density at radius 1 is 0.948 bits per heavy atom. The molecule has 2 aromatic carbocycles. The smallest absolute Gasteiger partial charge is 0.280 e. The zero-order valence-electron chi connectivity index (χ0n) is 33.4. The van der Waals surface area contributed by atoms with Gasteiger partial charge in [-0.15, -0.1) is 0 Å².